The maximum Gasteiger partial charge on any atom is 0.410 e. The van der Waals surface area contributed by atoms with Gasteiger partial charge < -0.3 is 19.7 Å². The summed E-state index contributed by atoms with van der Waals surface area (Å²) in [4.78, 5) is 17.9. The molecule has 2 heterocycles. The minimum absolute atomic E-state index is 0.0694. The number of carbonyl (C=O) groups excluding carboxylic acids is 1. The maximum atomic E-state index is 15.9. The Labute approximate surface area is 206 Å². The van der Waals surface area contributed by atoms with E-state index in [2.05, 4.69) is 10.3 Å². The van der Waals surface area contributed by atoms with E-state index in [9.17, 15) is 18.0 Å². The lowest BCUT2D eigenvalue weighted by Crippen LogP contribution is -2.59. The van der Waals surface area contributed by atoms with Crippen LogP contribution in [0.25, 0.3) is 10.9 Å². The van der Waals surface area contributed by atoms with Crippen LogP contribution in [0, 0.1) is 5.82 Å². The van der Waals surface area contributed by atoms with Gasteiger partial charge in [0.2, 0.25) is 0 Å². The van der Waals surface area contributed by atoms with Crippen molar-refractivity contribution in [1.82, 2.24) is 9.88 Å². The predicted octanol–water partition coefficient (Wildman–Crippen LogP) is 6.35. The van der Waals surface area contributed by atoms with Crippen LogP contribution >= 0.6 is 0 Å². The maximum absolute atomic E-state index is 15.9. The van der Waals surface area contributed by atoms with Crippen LogP contribution < -0.4 is 10.1 Å². The smallest absolute Gasteiger partial charge is 0.410 e. The van der Waals surface area contributed by atoms with Crippen LogP contribution in [0.4, 0.5) is 28.0 Å². The highest BCUT2D eigenvalue weighted by Crippen LogP contribution is 2.43. The summed E-state index contributed by atoms with van der Waals surface area (Å²) in [6, 6.07) is 8.64. The number of ether oxygens (including phenoxy) is 2. The van der Waals surface area contributed by atoms with E-state index in [-0.39, 0.29) is 36.5 Å². The Hall–Kier alpha value is -3.56. The third-order valence-corrected chi connectivity index (χ3v) is 5.89. The average Bonchev–Trinajstić information content (AvgIpc) is 2.79. The zero-order valence-corrected chi connectivity index (χ0v) is 20.4. The average molecular weight is 506 g/mol. The minimum Gasteiger partial charge on any atom is -0.496 e. The van der Waals surface area contributed by atoms with Gasteiger partial charge in [-0.15, -0.1) is 0 Å². The van der Waals surface area contributed by atoms with Gasteiger partial charge in [0.1, 0.15) is 17.2 Å². The van der Waals surface area contributed by atoms with Gasteiger partial charge in [-0.25, -0.2) is 22.4 Å². The molecule has 0 aliphatic carbocycles. The van der Waals surface area contributed by atoms with E-state index in [0.29, 0.717) is 16.6 Å². The normalized spacial score (nSPS) is 15.1. The van der Waals surface area contributed by atoms with Crippen molar-refractivity contribution < 1.29 is 31.8 Å². The lowest BCUT2D eigenvalue weighted by molar-refractivity contribution is -0.0545. The van der Waals surface area contributed by atoms with Gasteiger partial charge in [-0.1, -0.05) is 18.2 Å². The highest BCUT2D eigenvalue weighted by atomic mass is 19.3. The van der Waals surface area contributed by atoms with Crippen LogP contribution in [0.2, 0.25) is 0 Å². The highest BCUT2D eigenvalue weighted by Gasteiger charge is 2.50. The van der Waals surface area contributed by atoms with Crippen molar-refractivity contribution >= 4 is 22.7 Å². The molecule has 1 aliphatic rings. The van der Waals surface area contributed by atoms with Crippen molar-refractivity contribution in [3.05, 3.63) is 65.1 Å². The van der Waals surface area contributed by atoms with Crippen LogP contribution in [0.3, 0.4) is 0 Å². The highest BCUT2D eigenvalue weighted by molar-refractivity contribution is 5.93. The SMILES string of the molecule is COc1cc2nccc(NCc3cccc(C(F)F)c3F)c2cc1C1(F)CN(C(=O)OC(C)(C)C)C1. The van der Waals surface area contributed by atoms with E-state index in [1.54, 1.807) is 39.0 Å². The zero-order valence-electron chi connectivity index (χ0n) is 20.4. The molecule has 0 atom stereocenters. The summed E-state index contributed by atoms with van der Waals surface area (Å²) in [5.74, 6) is -0.700. The molecule has 4 rings (SSSR count). The van der Waals surface area contributed by atoms with E-state index < -0.39 is 35.2 Å². The van der Waals surface area contributed by atoms with Crippen molar-refractivity contribution in [2.24, 2.45) is 0 Å². The van der Waals surface area contributed by atoms with Crippen LogP contribution in [0.1, 0.15) is 43.9 Å². The molecule has 1 aliphatic heterocycles. The first kappa shape index (κ1) is 25.5. The topological polar surface area (TPSA) is 63.7 Å². The first-order chi connectivity index (χ1) is 16.9. The fourth-order valence-electron chi connectivity index (χ4n) is 4.13. The number of anilines is 1. The molecule has 1 N–H and O–H groups in total. The summed E-state index contributed by atoms with van der Waals surface area (Å²) in [7, 11) is 1.42. The Morgan fingerprint density at radius 3 is 2.58 bits per heavy atom. The van der Waals surface area contributed by atoms with E-state index in [4.69, 9.17) is 9.47 Å². The second-order valence-corrected chi connectivity index (χ2v) is 9.70. The molecule has 0 spiro atoms. The molecule has 10 heteroatoms. The molecule has 192 valence electrons. The van der Waals surface area contributed by atoms with Gasteiger partial charge in [-0.3, -0.25) is 4.98 Å². The van der Waals surface area contributed by atoms with Crippen LogP contribution in [-0.2, 0) is 17.0 Å². The largest absolute Gasteiger partial charge is 0.496 e. The molecular formula is C26H27F4N3O3. The number of hydrogen-bond acceptors (Lipinski definition) is 5. The zero-order chi connectivity index (χ0) is 26.3. The van der Waals surface area contributed by atoms with Crippen LogP contribution in [-0.4, -0.2) is 41.8 Å². The molecule has 1 fully saturated rings. The van der Waals surface area contributed by atoms with Crippen molar-refractivity contribution in [3.8, 4) is 5.75 Å². The number of carbonyl (C=O) groups is 1. The van der Waals surface area contributed by atoms with E-state index in [1.807, 2.05) is 0 Å². The number of methoxy groups -OCH3 is 1. The summed E-state index contributed by atoms with van der Waals surface area (Å²) in [5, 5.41) is 3.58. The lowest BCUT2D eigenvalue weighted by atomic mass is 9.86. The number of pyridine rings is 1. The lowest BCUT2D eigenvalue weighted by Gasteiger charge is -2.45. The Balaban J connectivity index is 1.62. The number of halogens is 4. The predicted molar refractivity (Wildman–Crippen MR) is 128 cm³/mol. The molecule has 2 aromatic carbocycles. The van der Waals surface area contributed by atoms with Crippen molar-refractivity contribution in [2.75, 3.05) is 25.5 Å². The number of likely N-dealkylation sites (tertiary alicyclic amines) is 1. The minimum atomic E-state index is -2.93. The number of benzene rings is 2. The number of rotatable bonds is 6. The quantitative estimate of drug-likeness (QED) is 0.396. The number of alkyl halides is 3. The number of nitrogens with one attached hydrogen (secondary N) is 1. The third-order valence-electron chi connectivity index (χ3n) is 5.89. The molecule has 1 aromatic heterocycles. The van der Waals surface area contributed by atoms with Gasteiger partial charge in [0.25, 0.3) is 6.43 Å². The first-order valence-corrected chi connectivity index (χ1v) is 11.4. The monoisotopic (exact) mass is 505 g/mol. The fourth-order valence-corrected chi connectivity index (χ4v) is 4.13. The Bertz CT molecular complexity index is 1290. The van der Waals surface area contributed by atoms with E-state index in [0.717, 1.165) is 6.07 Å². The second-order valence-electron chi connectivity index (χ2n) is 9.70. The van der Waals surface area contributed by atoms with Crippen molar-refractivity contribution in [1.29, 1.82) is 0 Å². The fraction of sp³-hybridized carbons (Fsp3) is 0.385. The molecule has 1 amide bonds. The molecule has 36 heavy (non-hydrogen) atoms. The number of amides is 1. The third kappa shape index (κ3) is 5.03. The second kappa shape index (κ2) is 9.48. The van der Waals surface area contributed by atoms with Crippen LogP contribution in [0.5, 0.6) is 5.75 Å². The first-order valence-electron chi connectivity index (χ1n) is 11.4. The summed E-state index contributed by atoms with van der Waals surface area (Å²) in [6.45, 7) is 4.71. The molecule has 3 aromatic rings. The summed E-state index contributed by atoms with van der Waals surface area (Å²) in [6.07, 6.45) is -2.01. The van der Waals surface area contributed by atoms with Gasteiger partial charge in [0.05, 0.1) is 31.3 Å². The Morgan fingerprint density at radius 2 is 1.94 bits per heavy atom. The summed E-state index contributed by atoms with van der Waals surface area (Å²) < 4.78 is 67.2. The molecule has 0 bridgehead atoms. The van der Waals surface area contributed by atoms with Gasteiger partial charge >= 0.3 is 6.09 Å². The molecule has 0 saturated carbocycles. The van der Waals surface area contributed by atoms with Gasteiger partial charge in [0, 0.05) is 41.0 Å². The summed E-state index contributed by atoms with van der Waals surface area (Å²) in [5.41, 5.74) is -1.93. The molecule has 1 saturated heterocycles. The molecule has 0 radical (unpaired) electrons. The van der Waals surface area contributed by atoms with E-state index in [1.165, 1.54) is 30.3 Å². The number of aromatic nitrogens is 1. The van der Waals surface area contributed by atoms with Gasteiger partial charge in [-0.2, -0.15) is 0 Å². The standard InChI is InChI=1S/C26H27F4N3O3/c1-25(2,3)36-24(34)33-13-26(30,14-33)18-10-17-19(8-9-31-20(17)11-21(18)35-4)32-12-15-6-5-7-16(22(15)27)23(28)29/h5-11,23H,12-14H2,1-4H3,(H,31,32). The Kier molecular flexibility index (Phi) is 6.72. The number of fused-ring (bicyclic) bond motifs is 1. The van der Waals surface area contributed by atoms with Crippen LogP contribution in [0.15, 0.2) is 42.6 Å². The van der Waals surface area contributed by atoms with Gasteiger partial charge in [-0.05, 0) is 32.9 Å². The molecular weight excluding hydrogens is 478 g/mol. The molecule has 0 unspecified atom stereocenters. The molecule has 6 nitrogen and oxygen atoms in total. The number of nitrogens with zero attached hydrogens (tertiary/aromatic N) is 2. The van der Waals surface area contributed by atoms with Crippen molar-refractivity contribution in [2.45, 2.75) is 45.0 Å². The van der Waals surface area contributed by atoms with Gasteiger partial charge in [0.15, 0.2) is 5.67 Å². The Morgan fingerprint density at radius 1 is 1.22 bits per heavy atom. The van der Waals surface area contributed by atoms with E-state index >= 15 is 4.39 Å². The van der Waals surface area contributed by atoms with Crippen molar-refractivity contribution in [3.63, 3.8) is 0 Å². The summed E-state index contributed by atoms with van der Waals surface area (Å²) >= 11 is 0. The number of hydrogen-bond donors (Lipinski definition) is 1.